The quantitative estimate of drug-likeness (QED) is 0.126. The highest BCUT2D eigenvalue weighted by molar-refractivity contribution is 5.43. The molecule has 11 aromatic carbocycles. The van der Waals surface area contributed by atoms with Crippen LogP contribution in [0.15, 0.2) is 334 Å². The Morgan fingerprint density at radius 3 is 0.582 bits per heavy atom. The summed E-state index contributed by atoms with van der Waals surface area (Å²) in [6.07, 6.45) is -9.19. The van der Waals surface area contributed by atoms with Gasteiger partial charge in [0, 0.05) is 0 Å². The normalized spacial score (nSPS) is 9.07. The van der Waals surface area contributed by atoms with Gasteiger partial charge in [-0.05, 0) is 93.6 Å². The number of hydrogen-bond acceptors (Lipinski definition) is 6. The number of hydrogen-bond donors (Lipinski definition) is 0. The van der Waals surface area contributed by atoms with Crippen LogP contribution in [0.2, 0.25) is 0 Å². The number of nitrogens with zero attached hydrogens (tertiary/aromatic N) is 3. The van der Waals surface area contributed by atoms with Crippen molar-refractivity contribution in [2.24, 2.45) is 0 Å². The highest BCUT2D eigenvalue weighted by Crippen LogP contribution is 2.23. The molecule has 91 heavy (non-hydrogen) atoms. The van der Waals surface area contributed by atoms with Crippen molar-refractivity contribution in [3.63, 3.8) is 0 Å². The highest BCUT2D eigenvalue weighted by Gasteiger charge is 2.31. The fourth-order valence-corrected chi connectivity index (χ4v) is 6.03. The number of ether oxygens (including phenoxy) is 5. The van der Waals surface area contributed by atoms with E-state index in [1.807, 2.05) is 206 Å². The average molecular weight is 1230 g/mol. The van der Waals surface area contributed by atoms with E-state index in [9.17, 15) is 26.3 Å². The molecule has 8 nitrogen and oxygen atoms in total. The summed E-state index contributed by atoms with van der Waals surface area (Å²) in [5.74, 6) is 2.34. The summed E-state index contributed by atoms with van der Waals surface area (Å²) < 4.78 is 91.1. The molecule has 0 aromatic heterocycles. The van der Waals surface area contributed by atoms with Crippen LogP contribution in [-0.2, 0) is 0 Å². The molecule has 0 N–H and O–H groups in total. The van der Waals surface area contributed by atoms with Crippen LogP contribution < -0.4 is 23.7 Å². The number of para-hydroxylation sites is 7. The molecule has 468 valence electrons. The summed E-state index contributed by atoms with van der Waals surface area (Å²) in [5, 5.41) is 8.29. The van der Waals surface area contributed by atoms with Gasteiger partial charge in [-0.1, -0.05) is 278 Å². The van der Waals surface area contributed by atoms with E-state index >= 15 is 0 Å². The van der Waals surface area contributed by atoms with Gasteiger partial charge in [0.05, 0.1) is 46.1 Å². The van der Waals surface area contributed by atoms with Gasteiger partial charge in [0.1, 0.15) is 28.7 Å². The van der Waals surface area contributed by atoms with Crippen LogP contribution in [0.25, 0.3) is 9.69 Å². The lowest BCUT2D eigenvalue weighted by Gasteiger charge is -2.07. The van der Waals surface area contributed by atoms with Gasteiger partial charge in [-0.3, -0.25) is 0 Å². The summed E-state index contributed by atoms with van der Waals surface area (Å²) in [5.41, 5.74) is 6.08. The first-order valence-electron chi connectivity index (χ1n) is 27.7. The van der Waals surface area contributed by atoms with Gasteiger partial charge in [0.15, 0.2) is 11.4 Å². The van der Waals surface area contributed by atoms with Gasteiger partial charge >= 0.3 is 12.7 Å². The number of nitriles is 1. The van der Waals surface area contributed by atoms with E-state index in [0.29, 0.717) is 16.9 Å². The van der Waals surface area contributed by atoms with E-state index < -0.39 is 12.7 Å². The second kappa shape index (κ2) is 50.6. The maximum absolute atomic E-state index is 11.5. The first kappa shape index (κ1) is 77.5. The topological polar surface area (TPSA) is 78.7 Å². The Morgan fingerprint density at radius 2 is 0.462 bits per heavy atom. The highest BCUT2D eigenvalue weighted by atomic mass is 19.4. The summed E-state index contributed by atoms with van der Waals surface area (Å²) in [6.45, 7) is 19.4. The Balaban J connectivity index is 0.000000502. The number of benzene rings is 11. The van der Waals surface area contributed by atoms with Crippen molar-refractivity contribution in [3.05, 3.63) is 379 Å². The molecule has 0 aliphatic rings. The van der Waals surface area contributed by atoms with Gasteiger partial charge in [0.25, 0.3) is 0 Å². The maximum Gasteiger partial charge on any atom is 0.573 e. The number of aryl methyl sites for hydroxylation is 3. The van der Waals surface area contributed by atoms with Crippen LogP contribution in [0.1, 0.15) is 22.3 Å². The average Bonchev–Trinajstić information content (AvgIpc) is 3.71. The molecule has 0 saturated heterocycles. The lowest BCUT2D eigenvalue weighted by molar-refractivity contribution is -0.275. The standard InChI is InChI=1S/2C7H5F3O.3C7H5N.3C7H8O.3C7H8/c2*8-7(9,10)11-6-4-2-1-3-5-6;2*1-8-7-5-3-2-4-6-7;8-6-7-4-2-1-3-5-7;3*1-8-7-5-3-2-4-6-7;3*1-7-5-3-2-4-6-7/h2*1-5H;2*2-6H;1-5H;3*2-6H,1H3;3*2-6H,1H3. The predicted molar refractivity (Wildman–Crippen MR) is 355 cm³/mol. The molecular formula is C77H73F6N3O5. The molecule has 0 unspecified atom stereocenters. The molecule has 0 bridgehead atoms. The number of alkyl halides is 6. The zero-order chi connectivity index (χ0) is 66.9. The predicted octanol–water partition coefficient (Wildman–Crippen LogP) is 22.3. The van der Waals surface area contributed by atoms with Gasteiger partial charge < -0.3 is 23.7 Å². The molecule has 14 heteroatoms. The molecule has 0 amide bonds. The molecule has 0 atom stereocenters. The van der Waals surface area contributed by atoms with Crippen LogP contribution in [0.5, 0.6) is 28.7 Å². The number of rotatable bonds is 5. The zero-order valence-electron chi connectivity index (χ0n) is 51.4. The van der Waals surface area contributed by atoms with Gasteiger partial charge in [-0.2, -0.15) is 5.26 Å². The Kier molecular flexibility index (Phi) is 43.1. The third-order valence-electron chi connectivity index (χ3n) is 10.4. The van der Waals surface area contributed by atoms with Gasteiger partial charge in [0.2, 0.25) is 0 Å². The molecule has 11 aromatic rings. The molecule has 0 spiro atoms. The molecule has 0 radical (unpaired) electrons. The SMILES string of the molecule is COc1ccccc1.COc1ccccc1.COc1ccccc1.Cc1ccccc1.Cc1ccccc1.Cc1ccccc1.FC(F)(F)Oc1ccccc1.FC(F)(F)Oc1ccccc1.N#Cc1ccccc1.[C-]#[N+]c1ccccc1.[C-]#[N+]c1ccccc1. The Labute approximate surface area is 532 Å². The molecule has 0 aliphatic heterocycles. The zero-order valence-corrected chi connectivity index (χ0v) is 51.4. The molecule has 0 saturated carbocycles. The monoisotopic (exact) mass is 1230 g/mol. The van der Waals surface area contributed by atoms with Crippen molar-refractivity contribution >= 4 is 11.4 Å². The van der Waals surface area contributed by atoms with Crippen molar-refractivity contribution in [2.75, 3.05) is 21.3 Å². The van der Waals surface area contributed by atoms with Crippen LogP contribution in [0.4, 0.5) is 37.7 Å². The third kappa shape index (κ3) is 47.3. The molecule has 0 heterocycles. The third-order valence-corrected chi connectivity index (χ3v) is 10.4. The van der Waals surface area contributed by atoms with Gasteiger partial charge in [-0.15, -0.1) is 26.3 Å². The van der Waals surface area contributed by atoms with E-state index in [1.54, 1.807) is 69.9 Å². The first-order chi connectivity index (χ1) is 43.9. The second-order valence-electron chi connectivity index (χ2n) is 17.6. The first-order valence-corrected chi connectivity index (χ1v) is 27.7. The fourth-order valence-electron chi connectivity index (χ4n) is 6.03. The molecule has 11 rings (SSSR count). The minimum absolute atomic E-state index is 0.194. The Bertz CT molecular complexity index is 3180. The van der Waals surface area contributed by atoms with E-state index in [1.165, 1.54) is 65.2 Å². The molecule has 0 fully saturated rings. The van der Waals surface area contributed by atoms with E-state index in [0.717, 1.165) is 17.2 Å². The summed E-state index contributed by atoms with van der Waals surface area (Å²) in [4.78, 5) is 6.44. The minimum atomic E-state index is -4.60. The van der Waals surface area contributed by atoms with Crippen molar-refractivity contribution < 1.29 is 50.0 Å². The molecular weight excluding hydrogens is 1160 g/mol. The summed E-state index contributed by atoms with van der Waals surface area (Å²) in [7, 11) is 4.99. The maximum atomic E-state index is 11.5. The largest absolute Gasteiger partial charge is 0.573 e. The lowest BCUT2D eigenvalue weighted by Crippen LogP contribution is -2.16. The van der Waals surface area contributed by atoms with Crippen LogP contribution in [0, 0.1) is 45.2 Å². The van der Waals surface area contributed by atoms with Crippen molar-refractivity contribution in [2.45, 2.75) is 33.5 Å². The van der Waals surface area contributed by atoms with Gasteiger partial charge in [-0.25, -0.2) is 9.69 Å². The Morgan fingerprint density at radius 1 is 0.286 bits per heavy atom. The number of methoxy groups -OCH3 is 3. The van der Waals surface area contributed by atoms with Crippen LogP contribution in [0.3, 0.4) is 0 Å². The fraction of sp³-hybridized carbons (Fsp3) is 0.104. The minimum Gasteiger partial charge on any atom is -0.497 e. The summed E-state index contributed by atoms with van der Waals surface area (Å²) in [6, 6.07) is 103. The molecule has 0 aliphatic carbocycles. The van der Waals surface area contributed by atoms with Crippen LogP contribution in [-0.4, -0.2) is 34.1 Å². The van der Waals surface area contributed by atoms with Crippen molar-refractivity contribution in [1.29, 1.82) is 5.26 Å². The smallest absolute Gasteiger partial charge is 0.497 e. The Hall–Kier alpha value is -11.5. The van der Waals surface area contributed by atoms with Crippen molar-refractivity contribution in [1.82, 2.24) is 0 Å². The summed E-state index contributed by atoms with van der Waals surface area (Å²) >= 11 is 0. The van der Waals surface area contributed by atoms with E-state index in [2.05, 4.69) is 76.3 Å². The van der Waals surface area contributed by atoms with Crippen molar-refractivity contribution in [3.8, 4) is 34.8 Å². The van der Waals surface area contributed by atoms with E-state index in [4.69, 9.17) is 32.6 Å². The van der Waals surface area contributed by atoms with Crippen LogP contribution >= 0.6 is 0 Å². The number of halogens is 6. The second-order valence-corrected chi connectivity index (χ2v) is 17.6. The van der Waals surface area contributed by atoms with E-state index in [-0.39, 0.29) is 11.5 Å². The lowest BCUT2D eigenvalue weighted by atomic mass is 10.2.